The number of hydrogen-bond donors (Lipinski definition) is 2. The molecule has 2 N–H and O–H groups in total. The van der Waals surface area contributed by atoms with Crippen molar-refractivity contribution in [2.45, 2.75) is 18.9 Å². The molecule has 1 aliphatic heterocycles. The van der Waals surface area contributed by atoms with E-state index in [1.165, 1.54) is 6.26 Å². The molecule has 2 aromatic heterocycles. The van der Waals surface area contributed by atoms with E-state index in [2.05, 4.69) is 10.3 Å². The normalized spacial score (nSPS) is 15.4. The van der Waals surface area contributed by atoms with Crippen molar-refractivity contribution in [2.24, 2.45) is 0 Å². The Labute approximate surface area is 144 Å². The van der Waals surface area contributed by atoms with Crippen molar-refractivity contribution in [3.8, 4) is 0 Å². The van der Waals surface area contributed by atoms with E-state index in [4.69, 9.17) is 4.42 Å². The van der Waals surface area contributed by atoms with Crippen LogP contribution in [0.1, 0.15) is 33.9 Å². The predicted molar refractivity (Wildman–Crippen MR) is 93.4 cm³/mol. The lowest BCUT2D eigenvalue weighted by molar-refractivity contribution is 0.0667. The molecule has 3 heterocycles. The van der Waals surface area contributed by atoms with Crippen molar-refractivity contribution in [3.63, 3.8) is 0 Å². The average molecular weight is 337 g/mol. The van der Waals surface area contributed by atoms with E-state index in [1.54, 1.807) is 17.0 Å². The predicted octanol–water partition coefficient (Wildman–Crippen LogP) is 2.80. The molecule has 1 aromatic carbocycles. The number of hydrogen-bond acceptors (Lipinski definition) is 3. The summed E-state index contributed by atoms with van der Waals surface area (Å²) >= 11 is 0. The molecule has 6 heteroatoms. The zero-order valence-electron chi connectivity index (χ0n) is 13.7. The van der Waals surface area contributed by atoms with Crippen molar-refractivity contribution < 1.29 is 14.0 Å². The number of piperidine rings is 1. The third-order valence-electron chi connectivity index (χ3n) is 4.62. The molecule has 0 saturated carbocycles. The van der Waals surface area contributed by atoms with Gasteiger partial charge in [0.15, 0.2) is 5.76 Å². The average Bonchev–Trinajstić information content (AvgIpc) is 3.31. The van der Waals surface area contributed by atoms with Gasteiger partial charge in [-0.25, -0.2) is 0 Å². The van der Waals surface area contributed by atoms with Crippen LogP contribution in [0.4, 0.5) is 0 Å². The summed E-state index contributed by atoms with van der Waals surface area (Å²) in [5.41, 5.74) is 1.52. The van der Waals surface area contributed by atoms with Gasteiger partial charge >= 0.3 is 0 Å². The Hall–Kier alpha value is -3.02. The molecule has 1 saturated heterocycles. The molecular weight excluding hydrogens is 318 g/mol. The van der Waals surface area contributed by atoms with Gasteiger partial charge in [-0.3, -0.25) is 9.59 Å². The molecular formula is C19H19N3O3. The molecule has 128 valence electrons. The van der Waals surface area contributed by atoms with Crippen molar-refractivity contribution in [2.75, 3.05) is 13.1 Å². The highest BCUT2D eigenvalue weighted by Gasteiger charge is 2.26. The molecule has 0 spiro atoms. The molecule has 1 fully saturated rings. The summed E-state index contributed by atoms with van der Waals surface area (Å²) in [6.45, 7) is 1.22. The monoisotopic (exact) mass is 337 g/mol. The first-order valence-electron chi connectivity index (χ1n) is 8.42. The summed E-state index contributed by atoms with van der Waals surface area (Å²) in [6.07, 6.45) is 2.97. The van der Waals surface area contributed by atoms with Gasteiger partial charge < -0.3 is 19.6 Å². The van der Waals surface area contributed by atoms with Gasteiger partial charge in [-0.1, -0.05) is 18.2 Å². The van der Waals surface area contributed by atoms with Crippen LogP contribution in [0, 0.1) is 0 Å². The fraction of sp³-hybridized carbons (Fsp3) is 0.263. The number of rotatable bonds is 3. The second kappa shape index (κ2) is 6.47. The van der Waals surface area contributed by atoms with Crippen LogP contribution in [0.2, 0.25) is 0 Å². The Bertz CT molecular complexity index is 857. The number of nitrogens with one attached hydrogen (secondary N) is 2. The number of furan rings is 1. The summed E-state index contributed by atoms with van der Waals surface area (Å²) in [4.78, 5) is 29.6. The second-order valence-corrected chi connectivity index (χ2v) is 6.29. The van der Waals surface area contributed by atoms with Gasteiger partial charge in [0, 0.05) is 30.0 Å². The van der Waals surface area contributed by atoms with Crippen LogP contribution in [0.3, 0.4) is 0 Å². The number of likely N-dealkylation sites (tertiary alicyclic amines) is 1. The summed E-state index contributed by atoms with van der Waals surface area (Å²) in [7, 11) is 0. The number of carbonyl (C=O) groups is 2. The quantitative estimate of drug-likeness (QED) is 0.771. The number of H-pyrrole nitrogens is 1. The highest BCUT2D eigenvalue weighted by Crippen LogP contribution is 2.17. The van der Waals surface area contributed by atoms with E-state index < -0.39 is 0 Å². The van der Waals surface area contributed by atoms with Crippen molar-refractivity contribution in [1.29, 1.82) is 0 Å². The Morgan fingerprint density at radius 3 is 2.64 bits per heavy atom. The van der Waals surface area contributed by atoms with Gasteiger partial charge in [-0.2, -0.15) is 0 Å². The molecule has 0 radical (unpaired) electrons. The number of amides is 2. The van der Waals surface area contributed by atoms with Gasteiger partial charge in [0.25, 0.3) is 11.8 Å². The number of benzene rings is 1. The van der Waals surface area contributed by atoms with Crippen LogP contribution in [0.15, 0.2) is 53.1 Å². The summed E-state index contributed by atoms with van der Waals surface area (Å²) < 4.78 is 5.16. The molecule has 0 unspecified atom stereocenters. The lowest BCUT2D eigenvalue weighted by Gasteiger charge is -2.31. The van der Waals surface area contributed by atoms with Crippen LogP contribution >= 0.6 is 0 Å². The Morgan fingerprint density at radius 1 is 1.12 bits per heavy atom. The number of aromatic amines is 1. The number of aromatic nitrogens is 1. The maximum absolute atomic E-state index is 12.4. The first kappa shape index (κ1) is 15.5. The molecule has 4 rings (SSSR count). The van der Waals surface area contributed by atoms with Crippen molar-refractivity contribution in [1.82, 2.24) is 15.2 Å². The lowest BCUT2D eigenvalue weighted by Crippen LogP contribution is -2.46. The fourth-order valence-corrected chi connectivity index (χ4v) is 3.24. The minimum atomic E-state index is -0.105. The third kappa shape index (κ3) is 3.15. The minimum absolute atomic E-state index is 0.0690. The molecule has 2 amide bonds. The zero-order valence-corrected chi connectivity index (χ0v) is 13.7. The van der Waals surface area contributed by atoms with Gasteiger partial charge in [-0.05, 0) is 37.1 Å². The van der Waals surface area contributed by atoms with E-state index in [1.807, 2.05) is 30.3 Å². The first-order valence-corrected chi connectivity index (χ1v) is 8.42. The lowest BCUT2D eigenvalue weighted by atomic mass is 10.0. The highest BCUT2D eigenvalue weighted by atomic mass is 16.3. The number of carbonyl (C=O) groups excluding carboxylic acids is 2. The zero-order chi connectivity index (χ0) is 17.2. The van der Waals surface area contributed by atoms with Crippen LogP contribution in [0.5, 0.6) is 0 Å². The van der Waals surface area contributed by atoms with Crippen molar-refractivity contribution >= 4 is 22.7 Å². The van der Waals surface area contributed by atoms with Crippen LogP contribution in [-0.2, 0) is 0 Å². The van der Waals surface area contributed by atoms with E-state index in [0.717, 1.165) is 23.7 Å². The fourth-order valence-electron chi connectivity index (χ4n) is 3.24. The van der Waals surface area contributed by atoms with Gasteiger partial charge in [0.1, 0.15) is 5.69 Å². The molecule has 3 aromatic rings. The van der Waals surface area contributed by atoms with Gasteiger partial charge in [0.05, 0.1) is 6.26 Å². The van der Waals surface area contributed by atoms with Gasteiger partial charge in [-0.15, -0.1) is 0 Å². The molecule has 1 aliphatic rings. The molecule has 0 aliphatic carbocycles. The smallest absolute Gasteiger partial charge is 0.289 e. The summed E-state index contributed by atoms with van der Waals surface area (Å²) in [5.74, 6) is 0.165. The van der Waals surface area contributed by atoms with Crippen molar-refractivity contribution in [3.05, 3.63) is 60.2 Å². The molecule has 0 atom stereocenters. The minimum Gasteiger partial charge on any atom is -0.459 e. The summed E-state index contributed by atoms with van der Waals surface area (Å²) in [6, 6.07) is 13.1. The van der Waals surface area contributed by atoms with E-state index in [-0.39, 0.29) is 17.9 Å². The largest absolute Gasteiger partial charge is 0.459 e. The van der Waals surface area contributed by atoms with E-state index in [9.17, 15) is 9.59 Å². The third-order valence-corrected chi connectivity index (χ3v) is 4.62. The van der Waals surface area contributed by atoms with Crippen LogP contribution < -0.4 is 5.32 Å². The Morgan fingerprint density at radius 2 is 1.92 bits per heavy atom. The Balaban J connectivity index is 1.35. The molecule has 25 heavy (non-hydrogen) atoms. The molecule has 6 nitrogen and oxygen atoms in total. The van der Waals surface area contributed by atoms with E-state index >= 15 is 0 Å². The summed E-state index contributed by atoms with van der Waals surface area (Å²) in [5, 5.41) is 4.08. The maximum atomic E-state index is 12.4. The number of fused-ring (bicyclic) bond motifs is 1. The highest BCUT2D eigenvalue weighted by molar-refractivity contribution is 5.98. The van der Waals surface area contributed by atoms with Crippen LogP contribution in [0.25, 0.3) is 10.9 Å². The maximum Gasteiger partial charge on any atom is 0.289 e. The topological polar surface area (TPSA) is 78.3 Å². The Kier molecular flexibility index (Phi) is 4.01. The standard InChI is InChI=1S/C19H19N3O3/c23-18(16-12-13-4-1-2-5-15(13)21-16)20-14-7-9-22(10-8-14)19(24)17-6-3-11-25-17/h1-6,11-12,14,21H,7-10H2,(H,20,23). The number of nitrogens with zero attached hydrogens (tertiary/aromatic N) is 1. The number of para-hydroxylation sites is 1. The van der Waals surface area contributed by atoms with Crippen LogP contribution in [-0.4, -0.2) is 40.8 Å². The van der Waals surface area contributed by atoms with E-state index in [0.29, 0.717) is 24.5 Å². The van der Waals surface area contributed by atoms with Gasteiger partial charge in [0.2, 0.25) is 0 Å². The second-order valence-electron chi connectivity index (χ2n) is 6.29. The first-order chi connectivity index (χ1) is 12.2. The molecule has 0 bridgehead atoms. The SMILES string of the molecule is O=C(NC1CCN(C(=O)c2ccco2)CC1)c1cc2ccccc2[nH]1.